The molecule has 2 aromatic carbocycles. The van der Waals surface area contributed by atoms with Gasteiger partial charge in [0, 0.05) is 15.6 Å². The predicted molar refractivity (Wildman–Crippen MR) is 110 cm³/mol. The number of hydrogen-bond acceptors (Lipinski definition) is 6. The van der Waals surface area contributed by atoms with Gasteiger partial charge in [-0.05, 0) is 25.1 Å². The second-order valence-electron chi connectivity index (χ2n) is 7.80. The van der Waals surface area contributed by atoms with E-state index in [0.717, 1.165) is 5.56 Å². The molecule has 2 heterocycles. The van der Waals surface area contributed by atoms with Gasteiger partial charge in [-0.1, -0.05) is 52.7 Å². The smallest absolute Gasteiger partial charge is 0.244 e. The van der Waals surface area contributed by atoms with E-state index in [1.54, 1.807) is 19.1 Å². The zero-order valence-electron chi connectivity index (χ0n) is 16.6. The highest BCUT2D eigenvalue weighted by atomic mass is 79.9. The third kappa shape index (κ3) is 2.45. The van der Waals surface area contributed by atoms with Gasteiger partial charge in [0.05, 0.1) is 24.1 Å². The molecule has 2 bridgehead atoms. The summed E-state index contributed by atoms with van der Waals surface area (Å²) < 4.78 is 27.6. The van der Waals surface area contributed by atoms with Gasteiger partial charge in [0.15, 0.2) is 5.41 Å². The number of aryl methyl sites for hydroxylation is 1. The lowest BCUT2D eigenvalue weighted by Gasteiger charge is -2.48. The molecule has 6 nitrogen and oxygen atoms in total. The lowest BCUT2D eigenvalue weighted by Crippen LogP contribution is -2.57. The summed E-state index contributed by atoms with van der Waals surface area (Å²) >= 11 is 3.28. The molecule has 0 aromatic heterocycles. The van der Waals surface area contributed by atoms with E-state index in [0.29, 0.717) is 10.0 Å². The standard InChI is InChI=1S/C23H16BrFN4O2/c1-13-3-5-15(6-4-13)23-14(2)22(12-28,20(29)31-23)21(10-26,11-27)19(30-23)17-9-16(24)7-8-18(17)25/h3-9,14,19,29H,1-2H3. The van der Waals surface area contributed by atoms with Crippen LogP contribution < -0.4 is 0 Å². The fourth-order valence-electron chi connectivity index (χ4n) is 4.65. The first-order chi connectivity index (χ1) is 14.7. The lowest BCUT2D eigenvalue weighted by atomic mass is 9.53. The minimum atomic E-state index is -2.22. The van der Waals surface area contributed by atoms with Gasteiger partial charge in [0.25, 0.3) is 0 Å². The maximum absolute atomic E-state index is 15.0. The van der Waals surface area contributed by atoms with Crippen molar-refractivity contribution in [3.63, 3.8) is 0 Å². The molecule has 0 radical (unpaired) electrons. The third-order valence-corrected chi connectivity index (χ3v) is 6.86. The van der Waals surface area contributed by atoms with E-state index in [1.807, 2.05) is 37.3 Å². The van der Waals surface area contributed by atoms with Gasteiger partial charge in [-0.3, -0.25) is 5.41 Å². The van der Waals surface area contributed by atoms with Crippen LogP contribution in [0.3, 0.4) is 0 Å². The van der Waals surface area contributed by atoms with E-state index in [4.69, 9.17) is 14.9 Å². The summed E-state index contributed by atoms with van der Waals surface area (Å²) in [6.07, 6.45) is -1.49. The third-order valence-electron chi connectivity index (χ3n) is 6.36. The minimum Gasteiger partial charge on any atom is -0.443 e. The molecule has 154 valence electrons. The number of fused-ring (bicyclic) bond motifs is 2. The maximum Gasteiger partial charge on any atom is 0.244 e. The van der Waals surface area contributed by atoms with Crippen LogP contribution in [-0.4, -0.2) is 5.90 Å². The van der Waals surface area contributed by atoms with Gasteiger partial charge in [-0.15, -0.1) is 0 Å². The number of ether oxygens (including phenoxy) is 2. The molecule has 8 heteroatoms. The van der Waals surface area contributed by atoms with Crippen molar-refractivity contribution in [3.05, 3.63) is 69.4 Å². The molecule has 31 heavy (non-hydrogen) atoms. The summed E-state index contributed by atoms with van der Waals surface area (Å²) in [5.74, 6) is -3.78. The van der Waals surface area contributed by atoms with Gasteiger partial charge in [0.1, 0.15) is 11.9 Å². The van der Waals surface area contributed by atoms with Crippen LogP contribution in [0.5, 0.6) is 0 Å². The van der Waals surface area contributed by atoms with E-state index in [-0.39, 0.29) is 5.56 Å². The van der Waals surface area contributed by atoms with Crippen molar-refractivity contribution in [1.82, 2.24) is 0 Å². The molecular weight excluding hydrogens is 463 g/mol. The summed E-state index contributed by atoms with van der Waals surface area (Å²) in [7, 11) is 0. The van der Waals surface area contributed by atoms with Crippen molar-refractivity contribution in [1.29, 1.82) is 21.2 Å². The Labute approximate surface area is 187 Å². The Morgan fingerprint density at radius 2 is 1.71 bits per heavy atom. The molecule has 2 fully saturated rings. The summed E-state index contributed by atoms with van der Waals surface area (Å²) in [4.78, 5) is 0. The van der Waals surface area contributed by atoms with Gasteiger partial charge in [0.2, 0.25) is 17.1 Å². The normalized spacial score (nSPS) is 30.5. The highest BCUT2D eigenvalue weighted by Gasteiger charge is 2.80. The number of nitrogens with zero attached hydrogens (tertiary/aromatic N) is 3. The number of rotatable bonds is 2. The number of benzene rings is 2. The number of hydrogen-bond donors (Lipinski definition) is 1. The largest absolute Gasteiger partial charge is 0.443 e. The lowest BCUT2D eigenvalue weighted by molar-refractivity contribution is -0.289. The predicted octanol–water partition coefficient (Wildman–Crippen LogP) is 5.01. The first kappa shape index (κ1) is 21.0. The average molecular weight is 479 g/mol. The topological polar surface area (TPSA) is 114 Å². The molecule has 0 aliphatic carbocycles. The van der Waals surface area contributed by atoms with Crippen LogP contribution in [-0.2, 0) is 15.3 Å². The molecule has 0 saturated carbocycles. The summed E-state index contributed by atoms with van der Waals surface area (Å²) in [5.41, 5.74) is -2.78. The Morgan fingerprint density at radius 1 is 1.06 bits per heavy atom. The van der Waals surface area contributed by atoms with Crippen molar-refractivity contribution in [2.24, 2.45) is 16.7 Å². The Kier molecular flexibility index (Phi) is 4.67. The fraction of sp³-hybridized carbons (Fsp3) is 0.304. The SMILES string of the molecule is Cc1ccc(C23OC(=N)C(C#N)(C2C)C(C#N)(C#N)C(c2cc(Br)ccc2F)O3)cc1. The molecule has 0 spiro atoms. The molecule has 1 N–H and O–H groups in total. The van der Waals surface area contributed by atoms with Gasteiger partial charge in [-0.25, -0.2) is 4.39 Å². The van der Waals surface area contributed by atoms with E-state index < -0.39 is 40.4 Å². The molecule has 4 rings (SSSR count). The Bertz CT molecular complexity index is 1210. The summed E-state index contributed by atoms with van der Waals surface area (Å²) in [6.45, 7) is 3.52. The first-order valence-electron chi connectivity index (χ1n) is 9.44. The summed E-state index contributed by atoms with van der Waals surface area (Å²) in [6, 6.07) is 17.1. The van der Waals surface area contributed by atoms with E-state index in [2.05, 4.69) is 15.9 Å². The van der Waals surface area contributed by atoms with Crippen LogP contribution in [0, 0.1) is 68.9 Å². The van der Waals surface area contributed by atoms with Crippen molar-refractivity contribution in [3.8, 4) is 18.2 Å². The molecule has 2 aliphatic heterocycles. The van der Waals surface area contributed by atoms with Crippen molar-refractivity contribution in [2.75, 3.05) is 0 Å². The van der Waals surface area contributed by atoms with Gasteiger partial charge < -0.3 is 9.47 Å². The van der Waals surface area contributed by atoms with Crippen molar-refractivity contribution < 1.29 is 13.9 Å². The van der Waals surface area contributed by atoms with Crippen LogP contribution in [0.1, 0.15) is 29.7 Å². The Balaban J connectivity index is 2.07. The molecule has 2 saturated heterocycles. The average Bonchev–Trinajstić information content (AvgIpc) is 2.92. The van der Waals surface area contributed by atoms with Crippen LogP contribution in [0.25, 0.3) is 0 Å². The van der Waals surface area contributed by atoms with Crippen LogP contribution in [0.2, 0.25) is 0 Å². The van der Waals surface area contributed by atoms with Gasteiger partial charge >= 0.3 is 0 Å². The first-order valence-corrected chi connectivity index (χ1v) is 10.2. The maximum atomic E-state index is 15.0. The van der Waals surface area contributed by atoms with Crippen molar-refractivity contribution >= 4 is 21.8 Å². The summed E-state index contributed by atoms with van der Waals surface area (Å²) in [5, 5.41) is 39.2. The zero-order chi connectivity index (χ0) is 22.6. The number of halogens is 2. The molecule has 4 unspecified atom stereocenters. The van der Waals surface area contributed by atoms with Crippen LogP contribution in [0.15, 0.2) is 46.9 Å². The highest BCUT2D eigenvalue weighted by Crippen LogP contribution is 2.69. The van der Waals surface area contributed by atoms with E-state index in [9.17, 15) is 20.2 Å². The van der Waals surface area contributed by atoms with Crippen LogP contribution in [0.4, 0.5) is 4.39 Å². The minimum absolute atomic E-state index is 0.0706. The molecular formula is C23H16BrFN4O2. The van der Waals surface area contributed by atoms with Gasteiger partial charge in [-0.2, -0.15) is 15.8 Å². The molecule has 2 aromatic rings. The zero-order valence-corrected chi connectivity index (χ0v) is 18.2. The number of nitrogens with one attached hydrogen (secondary N) is 1. The Hall–Kier alpha value is -3.25. The highest BCUT2D eigenvalue weighted by molar-refractivity contribution is 9.10. The van der Waals surface area contributed by atoms with Crippen LogP contribution >= 0.6 is 15.9 Å². The molecule has 4 atom stereocenters. The quantitative estimate of drug-likeness (QED) is 0.651. The molecule has 0 amide bonds. The van der Waals surface area contributed by atoms with E-state index in [1.165, 1.54) is 18.2 Å². The van der Waals surface area contributed by atoms with Crippen molar-refractivity contribution in [2.45, 2.75) is 25.7 Å². The second-order valence-corrected chi connectivity index (χ2v) is 8.72. The second kappa shape index (κ2) is 6.89. The monoisotopic (exact) mass is 478 g/mol. The fourth-order valence-corrected chi connectivity index (χ4v) is 5.03. The Morgan fingerprint density at radius 3 is 2.29 bits per heavy atom. The molecule has 2 aliphatic rings. The van der Waals surface area contributed by atoms with E-state index >= 15 is 0 Å². The number of nitriles is 3.